The summed E-state index contributed by atoms with van der Waals surface area (Å²) < 4.78 is 16.3. The van der Waals surface area contributed by atoms with Gasteiger partial charge in [-0.25, -0.2) is 10.2 Å². The van der Waals surface area contributed by atoms with Gasteiger partial charge in [0.05, 0.1) is 25.5 Å². The van der Waals surface area contributed by atoms with Gasteiger partial charge in [-0.05, 0) is 78.7 Å². The van der Waals surface area contributed by atoms with Crippen LogP contribution in [0.15, 0.2) is 71.8 Å². The topological polar surface area (TPSA) is 106 Å². The number of nitrogens with one attached hydrogen (secondary N) is 1. The first-order chi connectivity index (χ1) is 16.0. The van der Waals surface area contributed by atoms with Crippen molar-refractivity contribution in [2.75, 3.05) is 13.7 Å². The molecule has 33 heavy (non-hydrogen) atoms. The average molecular weight is 448 g/mol. The standard InChI is InChI=1S/C25H24N2O6/c1-3-14-32-21-11-7-19(8-12-21)25(30)33-22-13-4-17(15-23(22)31-2)16-26-27-24(29)18-5-9-20(28)10-6-18/h4-13,15-16,28H,3,14H2,1-2H3,(H,27,29). The van der Waals surface area contributed by atoms with Crippen LogP contribution in [0.1, 0.15) is 39.6 Å². The Morgan fingerprint density at radius 1 is 0.970 bits per heavy atom. The van der Waals surface area contributed by atoms with Crippen molar-refractivity contribution in [2.24, 2.45) is 5.10 Å². The summed E-state index contributed by atoms with van der Waals surface area (Å²) in [5.41, 5.74) is 3.76. The third-order valence-corrected chi connectivity index (χ3v) is 4.46. The van der Waals surface area contributed by atoms with Gasteiger partial charge < -0.3 is 19.3 Å². The smallest absolute Gasteiger partial charge is 0.343 e. The number of carbonyl (C=O) groups excluding carboxylic acids is 2. The SMILES string of the molecule is CCCOc1ccc(C(=O)Oc2ccc(C=NNC(=O)c3ccc(O)cc3)cc2OC)cc1. The molecule has 0 heterocycles. The Morgan fingerprint density at radius 3 is 2.33 bits per heavy atom. The third kappa shape index (κ3) is 6.57. The number of benzene rings is 3. The highest BCUT2D eigenvalue weighted by molar-refractivity contribution is 5.95. The van der Waals surface area contributed by atoms with Crippen molar-refractivity contribution in [1.29, 1.82) is 0 Å². The van der Waals surface area contributed by atoms with E-state index in [4.69, 9.17) is 14.2 Å². The number of rotatable bonds is 9. The van der Waals surface area contributed by atoms with Crippen LogP contribution in [0.5, 0.6) is 23.0 Å². The van der Waals surface area contributed by atoms with E-state index in [9.17, 15) is 14.7 Å². The lowest BCUT2D eigenvalue weighted by Gasteiger charge is -2.10. The summed E-state index contributed by atoms with van der Waals surface area (Å²) in [7, 11) is 1.46. The van der Waals surface area contributed by atoms with Gasteiger partial charge in [-0.15, -0.1) is 0 Å². The van der Waals surface area contributed by atoms with E-state index >= 15 is 0 Å². The summed E-state index contributed by atoms with van der Waals surface area (Å²) in [5, 5.41) is 13.2. The second-order valence-corrected chi connectivity index (χ2v) is 6.92. The Morgan fingerprint density at radius 2 is 1.67 bits per heavy atom. The monoisotopic (exact) mass is 448 g/mol. The lowest BCUT2D eigenvalue weighted by Crippen LogP contribution is -2.17. The largest absolute Gasteiger partial charge is 0.508 e. The molecule has 0 aliphatic rings. The molecular weight excluding hydrogens is 424 g/mol. The number of phenolic OH excluding ortho intramolecular Hbond substituents is 1. The zero-order valence-corrected chi connectivity index (χ0v) is 18.3. The number of amides is 1. The van der Waals surface area contributed by atoms with E-state index in [0.29, 0.717) is 34.8 Å². The maximum absolute atomic E-state index is 12.5. The molecule has 0 aromatic heterocycles. The first-order valence-corrected chi connectivity index (χ1v) is 10.3. The molecular formula is C25H24N2O6. The van der Waals surface area contributed by atoms with Crippen molar-refractivity contribution in [2.45, 2.75) is 13.3 Å². The molecule has 3 aromatic carbocycles. The Bertz CT molecular complexity index is 1120. The number of hydrogen-bond acceptors (Lipinski definition) is 7. The molecule has 8 nitrogen and oxygen atoms in total. The van der Waals surface area contributed by atoms with Crippen LogP contribution in [-0.4, -0.2) is 36.9 Å². The number of nitrogens with zero attached hydrogens (tertiary/aromatic N) is 1. The van der Waals surface area contributed by atoms with Crippen molar-refractivity contribution in [1.82, 2.24) is 5.43 Å². The first kappa shape index (κ1) is 23.3. The van der Waals surface area contributed by atoms with Gasteiger partial charge in [0, 0.05) is 5.56 Å². The van der Waals surface area contributed by atoms with Gasteiger partial charge in [-0.3, -0.25) is 4.79 Å². The lowest BCUT2D eigenvalue weighted by molar-refractivity contribution is 0.0729. The molecule has 3 aromatic rings. The fraction of sp³-hybridized carbons (Fsp3) is 0.160. The predicted molar refractivity (Wildman–Crippen MR) is 123 cm³/mol. The van der Waals surface area contributed by atoms with Crippen molar-refractivity contribution >= 4 is 18.1 Å². The van der Waals surface area contributed by atoms with Gasteiger partial charge in [0.25, 0.3) is 5.91 Å². The fourth-order valence-corrected chi connectivity index (χ4v) is 2.76. The molecule has 0 spiro atoms. The number of ether oxygens (including phenoxy) is 3. The Kier molecular flexibility index (Phi) is 8.02. The Hall–Kier alpha value is -4.33. The molecule has 1 amide bonds. The maximum atomic E-state index is 12.5. The second kappa shape index (κ2) is 11.3. The predicted octanol–water partition coefficient (Wildman–Crippen LogP) is 4.17. The molecule has 0 aliphatic heterocycles. The molecule has 8 heteroatoms. The normalized spacial score (nSPS) is 10.6. The Labute approximate surface area is 191 Å². The van der Waals surface area contributed by atoms with Gasteiger partial charge in [0.15, 0.2) is 11.5 Å². The van der Waals surface area contributed by atoms with Crippen molar-refractivity contribution in [3.05, 3.63) is 83.4 Å². The van der Waals surface area contributed by atoms with Gasteiger partial charge >= 0.3 is 5.97 Å². The summed E-state index contributed by atoms with van der Waals surface area (Å²) in [6.07, 6.45) is 2.33. The lowest BCUT2D eigenvalue weighted by atomic mass is 10.2. The van der Waals surface area contributed by atoms with E-state index in [1.54, 1.807) is 42.5 Å². The second-order valence-electron chi connectivity index (χ2n) is 6.92. The molecule has 0 saturated heterocycles. The molecule has 0 unspecified atom stereocenters. The van der Waals surface area contributed by atoms with E-state index in [2.05, 4.69) is 10.5 Å². The summed E-state index contributed by atoms with van der Waals surface area (Å²) in [5.74, 6) is 0.389. The summed E-state index contributed by atoms with van der Waals surface area (Å²) in [6.45, 7) is 2.63. The number of hydrazone groups is 1. The van der Waals surface area contributed by atoms with Crippen LogP contribution in [0, 0.1) is 0 Å². The van der Waals surface area contributed by atoms with Crippen LogP contribution in [0.3, 0.4) is 0 Å². The van der Waals surface area contributed by atoms with Crippen LogP contribution in [0.2, 0.25) is 0 Å². The van der Waals surface area contributed by atoms with Crippen molar-refractivity contribution in [3.63, 3.8) is 0 Å². The first-order valence-electron chi connectivity index (χ1n) is 10.3. The van der Waals surface area contributed by atoms with Crippen LogP contribution >= 0.6 is 0 Å². The van der Waals surface area contributed by atoms with Crippen molar-refractivity contribution < 1.29 is 28.9 Å². The summed E-state index contributed by atoms with van der Waals surface area (Å²) in [6, 6.07) is 17.4. The van der Waals surface area contributed by atoms with E-state index in [-0.39, 0.29) is 11.5 Å². The zero-order valence-electron chi connectivity index (χ0n) is 18.3. The van der Waals surface area contributed by atoms with Gasteiger partial charge in [0.1, 0.15) is 11.5 Å². The number of carbonyl (C=O) groups is 2. The highest BCUT2D eigenvalue weighted by Crippen LogP contribution is 2.28. The van der Waals surface area contributed by atoms with Crippen LogP contribution in [0.4, 0.5) is 0 Å². The van der Waals surface area contributed by atoms with Gasteiger partial charge in [-0.2, -0.15) is 5.10 Å². The summed E-state index contributed by atoms with van der Waals surface area (Å²) >= 11 is 0. The number of methoxy groups -OCH3 is 1. The molecule has 0 atom stereocenters. The van der Waals surface area contributed by atoms with Crippen LogP contribution < -0.4 is 19.6 Å². The van der Waals surface area contributed by atoms with Crippen LogP contribution in [-0.2, 0) is 0 Å². The maximum Gasteiger partial charge on any atom is 0.343 e. The average Bonchev–Trinajstić information content (AvgIpc) is 2.84. The van der Waals surface area contributed by atoms with Gasteiger partial charge in [0.2, 0.25) is 0 Å². The molecule has 0 aliphatic carbocycles. The highest BCUT2D eigenvalue weighted by Gasteiger charge is 2.13. The molecule has 0 fully saturated rings. The quantitative estimate of drug-likeness (QED) is 0.220. The number of phenols is 1. The van der Waals surface area contributed by atoms with E-state index in [1.807, 2.05) is 6.92 Å². The minimum atomic E-state index is -0.530. The zero-order chi connectivity index (χ0) is 23.6. The van der Waals surface area contributed by atoms with E-state index < -0.39 is 11.9 Å². The molecule has 0 radical (unpaired) electrons. The molecule has 0 bridgehead atoms. The summed E-state index contributed by atoms with van der Waals surface area (Å²) in [4.78, 5) is 24.5. The highest BCUT2D eigenvalue weighted by atomic mass is 16.6. The number of aromatic hydroxyl groups is 1. The fourth-order valence-electron chi connectivity index (χ4n) is 2.76. The Balaban J connectivity index is 1.62. The molecule has 3 rings (SSSR count). The van der Waals surface area contributed by atoms with Gasteiger partial charge in [-0.1, -0.05) is 6.92 Å². The molecule has 170 valence electrons. The minimum Gasteiger partial charge on any atom is -0.508 e. The van der Waals surface area contributed by atoms with E-state index in [1.165, 1.54) is 37.6 Å². The molecule has 2 N–H and O–H groups in total. The van der Waals surface area contributed by atoms with Crippen molar-refractivity contribution in [3.8, 4) is 23.0 Å². The van der Waals surface area contributed by atoms with E-state index in [0.717, 1.165) is 6.42 Å². The van der Waals surface area contributed by atoms with Crippen LogP contribution in [0.25, 0.3) is 0 Å². The molecule has 0 saturated carbocycles. The third-order valence-electron chi connectivity index (χ3n) is 4.46. The minimum absolute atomic E-state index is 0.0703. The number of esters is 1. The number of hydrogen-bond donors (Lipinski definition) is 2.